The maximum absolute atomic E-state index is 12.9. The average Bonchev–Trinajstić information content (AvgIpc) is 2.67. The fourth-order valence-corrected chi connectivity index (χ4v) is 4.56. The van der Waals surface area contributed by atoms with Gasteiger partial charge in [-0.2, -0.15) is 4.31 Å². The summed E-state index contributed by atoms with van der Waals surface area (Å²) < 4.78 is 32.5. The Balaban J connectivity index is 1.78. The fourth-order valence-electron chi connectivity index (χ4n) is 2.73. The zero-order chi connectivity index (χ0) is 18.6. The Labute approximate surface area is 157 Å². The number of ether oxygens (including phenoxy) is 1. The molecule has 1 amide bonds. The van der Waals surface area contributed by atoms with E-state index in [-0.39, 0.29) is 17.3 Å². The number of hydrogen-bond donors (Lipinski definition) is 1. The summed E-state index contributed by atoms with van der Waals surface area (Å²) in [5.74, 6) is -0.314. The van der Waals surface area contributed by atoms with Crippen LogP contribution in [0.5, 0.6) is 0 Å². The van der Waals surface area contributed by atoms with E-state index in [1.807, 2.05) is 0 Å². The molecule has 0 spiro atoms. The number of amides is 1. The van der Waals surface area contributed by atoms with Crippen molar-refractivity contribution in [2.45, 2.75) is 11.4 Å². The highest BCUT2D eigenvalue weighted by atomic mass is 35.5. The van der Waals surface area contributed by atoms with Crippen LogP contribution in [-0.2, 0) is 21.3 Å². The molecule has 8 heteroatoms. The third-order valence-corrected chi connectivity index (χ3v) is 6.32. The molecule has 0 aromatic heterocycles. The van der Waals surface area contributed by atoms with E-state index in [0.29, 0.717) is 42.5 Å². The molecule has 138 valence electrons. The lowest BCUT2D eigenvalue weighted by atomic mass is 10.2. The smallest absolute Gasteiger partial charge is 0.251 e. The second-order valence-corrected chi connectivity index (χ2v) is 8.16. The molecule has 0 radical (unpaired) electrons. The number of nitrogens with zero attached hydrogens (tertiary/aromatic N) is 1. The monoisotopic (exact) mass is 394 g/mol. The van der Waals surface area contributed by atoms with E-state index in [2.05, 4.69) is 5.32 Å². The van der Waals surface area contributed by atoms with Crippen LogP contribution in [-0.4, -0.2) is 44.9 Å². The molecule has 0 bridgehead atoms. The Kier molecular flexibility index (Phi) is 5.93. The Morgan fingerprint density at radius 1 is 1.12 bits per heavy atom. The molecular formula is C18H19ClN2O4S. The van der Waals surface area contributed by atoms with Crippen molar-refractivity contribution in [2.75, 3.05) is 26.3 Å². The first kappa shape index (κ1) is 18.8. The molecule has 2 aromatic carbocycles. The summed E-state index contributed by atoms with van der Waals surface area (Å²) in [6.45, 7) is 1.52. The zero-order valence-corrected chi connectivity index (χ0v) is 15.6. The van der Waals surface area contributed by atoms with Crippen LogP contribution in [0, 0.1) is 0 Å². The third-order valence-electron chi connectivity index (χ3n) is 4.09. The molecule has 26 heavy (non-hydrogen) atoms. The van der Waals surface area contributed by atoms with Gasteiger partial charge in [0, 0.05) is 30.2 Å². The summed E-state index contributed by atoms with van der Waals surface area (Å²) in [4.78, 5) is 12.5. The fraction of sp³-hybridized carbons (Fsp3) is 0.278. The number of nitrogens with one attached hydrogen (secondary N) is 1. The number of carbonyl (C=O) groups excluding carboxylic acids is 1. The van der Waals surface area contributed by atoms with Gasteiger partial charge in [-0.3, -0.25) is 4.79 Å². The van der Waals surface area contributed by atoms with Gasteiger partial charge in [-0.25, -0.2) is 8.42 Å². The lowest BCUT2D eigenvalue weighted by molar-refractivity contribution is 0.0730. The van der Waals surface area contributed by atoms with Crippen molar-refractivity contribution in [2.24, 2.45) is 0 Å². The second-order valence-electron chi connectivity index (χ2n) is 5.82. The lowest BCUT2D eigenvalue weighted by Gasteiger charge is -2.27. The molecule has 3 rings (SSSR count). The van der Waals surface area contributed by atoms with Gasteiger partial charge in [-0.05, 0) is 29.8 Å². The van der Waals surface area contributed by atoms with Gasteiger partial charge < -0.3 is 10.1 Å². The predicted octanol–water partition coefficient (Wildman–Crippen LogP) is 2.29. The van der Waals surface area contributed by atoms with Crippen LogP contribution in [0.15, 0.2) is 53.4 Å². The van der Waals surface area contributed by atoms with Crippen molar-refractivity contribution in [1.82, 2.24) is 9.62 Å². The normalized spacial score (nSPS) is 15.6. The minimum absolute atomic E-state index is 0.102. The minimum atomic E-state index is -3.63. The van der Waals surface area contributed by atoms with E-state index in [4.69, 9.17) is 16.3 Å². The summed E-state index contributed by atoms with van der Waals surface area (Å²) in [6.07, 6.45) is 0. The van der Waals surface area contributed by atoms with Gasteiger partial charge in [0.1, 0.15) is 0 Å². The number of sulfonamides is 1. The molecule has 0 atom stereocenters. The van der Waals surface area contributed by atoms with Crippen LogP contribution >= 0.6 is 11.6 Å². The zero-order valence-electron chi connectivity index (χ0n) is 14.0. The highest BCUT2D eigenvalue weighted by Crippen LogP contribution is 2.21. The van der Waals surface area contributed by atoms with Gasteiger partial charge in [0.05, 0.1) is 18.1 Å². The second kappa shape index (κ2) is 8.18. The molecule has 0 unspecified atom stereocenters. The van der Waals surface area contributed by atoms with E-state index in [1.54, 1.807) is 48.5 Å². The Bertz CT molecular complexity index is 896. The highest BCUT2D eigenvalue weighted by Gasteiger charge is 2.28. The van der Waals surface area contributed by atoms with Crippen LogP contribution in [0.2, 0.25) is 5.02 Å². The van der Waals surface area contributed by atoms with Gasteiger partial charge in [-0.15, -0.1) is 0 Å². The van der Waals surface area contributed by atoms with E-state index in [9.17, 15) is 13.2 Å². The van der Waals surface area contributed by atoms with E-state index < -0.39 is 10.0 Å². The molecular weight excluding hydrogens is 376 g/mol. The first-order valence-electron chi connectivity index (χ1n) is 8.18. The minimum Gasteiger partial charge on any atom is -0.379 e. The van der Waals surface area contributed by atoms with Crippen molar-refractivity contribution in [3.8, 4) is 0 Å². The van der Waals surface area contributed by atoms with Gasteiger partial charge in [0.25, 0.3) is 5.91 Å². The third kappa shape index (κ3) is 4.24. The number of morpholine rings is 1. The summed E-state index contributed by atoms with van der Waals surface area (Å²) in [5, 5.41) is 3.22. The molecule has 1 aliphatic rings. The number of hydrogen-bond acceptors (Lipinski definition) is 4. The molecule has 6 nitrogen and oxygen atoms in total. The van der Waals surface area contributed by atoms with Crippen LogP contribution in [0.3, 0.4) is 0 Å². The van der Waals surface area contributed by atoms with Gasteiger partial charge in [0.2, 0.25) is 10.0 Å². The Morgan fingerprint density at radius 3 is 2.58 bits per heavy atom. The lowest BCUT2D eigenvalue weighted by Crippen LogP contribution is -2.41. The van der Waals surface area contributed by atoms with E-state index in [1.165, 1.54) is 4.31 Å². The van der Waals surface area contributed by atoms with Crippen molar-refractivity contribution in [3.63, 3.8) is 0 Å². The molecule has 2 aromatic rings. The van der Waals surface area contributed by atoms with Crippen molar-refractivity contribution in [1.29, 1.82) is 0 Å². The predicted molar refractivity (Wildman–Crippen MR) is 98.6 cm³/mol. The van der Waals surface area contributed by atoms with Gasteiger partial charge >= 0.3 is 0 Å². The van der Waals surface area contributed by atoms with E-state index >= 15 is 0 Å². The summed E-state index contributed by atoms with van der Waals surface area (Å²) in [7, 11) is -3.63. The number of rotatable bonds is 5. The Morgan fingerprint density at radius 2 is 1.85 bits per heavy atom. The number of halogens is 1. The van der Waals surface area contributed by atoms with Crippen LogP contribution < -0.4 is 5.32 Å². The van der Waals surface area contributed by atoms with Gasteiger partial charge in [0.15, 0.2) is 0 Å². The average molecular weight is 395 g/mol. The maximum atomic E-state index is 12.9. The summed E-state index contributed by atoms with van der Waals surface area (Å²) in [5.41, 5.74) is 0.959. The molecule has 0 saturated carbocycles. The molecule has 0 aliphatic carbocycles. The quantitative estimate of drug-likeness (QED) is 0.844. The summed E-state index contributed by atoms with van der Waals surface area (Å²) >= 11 is 5.90. The molecule has 1 saturated heterocycles. The summed E-state index contributed by atoms with van der Waals surface area (Å²) in [6, 6.07) is 13.3. The number of benzene rings is 2. The largest absolute Gasteiger partial charge is 0.379 e. The molecule has 1 N–H and O–H groups in total. The van der Waals surface area contributed by atoms with Crippen molar-refractivity contribution >= 4 is 27.5 Å². The maximum Gasteiger partial charge on any atom is 0.251 e. The van der Waals surface area contributed by atoms with Crippen LogP contribution in [0.1, 0.15) is 15.9 Å². The van der Waals surface area contributed by atoms with Crippen LogP contribution in [0.4, 0.5) is 0 Å². The first-order valence-corrected chi connectivity index (χ1v) is 10.00. The Hall–Kier alpha value is -1.93. The van der Waals surface area contributed by atoms with Crippen molar-refractivity contribution in [3.05, 3.63) is 64.7 Å². The topological polar surface area (TPSA) is 75.7 Å². The van der Waals surface area contributed by atoms with Gasteiger partial charge in [-0.1, -0.05) is 35.9 Å². The molecule has 1 heterocycles. The SMILES string of the molecule is O=C(NCc1ccccc1S(=O)(=O)N1CCOCC1)c1cccc(Cl)c1. The molecule has 1 aliphatic heterocycles. The van der Waals surface area contributed by atoms with Crippen LogP contribution in [0.25, 0.3) is 0 Å². The molecule has 1 fully saturated rings. The standard InChI is InChI=1S/C18H19ClN2O4S/c19-16-6-3-5-14(12-16)18(22)20-13-15-4-1-2-7-17(15)26(23,24)21-8-10-25-11-9-21/h1-7,12H,8-11,13H2,(H,20,22). The number of carbonyl (C=O) groups is 1. The highest BCUT2D eigenvalue weighted by molar-refractivity contribution is 7.89. The van der Waals surface area contributed by atoms with Crippen molar-refractivity contribution < 1.29 is 17.9 Å². The van der Waals surface area contributed by atoms with E-state index in [0.717, 1.165) is 0 Å². The first-order chi connectivity index (χ1) is 12.5.